The van der Waals surface area contributed by atoms with Gasteiger partial charge in [-0.1, -0.05) is 51.1 Å². The number of aromatic nitrogens is 2. The summed E-state index contributed by atoms with van der Waals surface area (Å²) in [5.74, 6) is 1.68. The molecule has 0 aliphatic heterocycles. The minimum absolute atomic E-state index is 0.105. The third-order valence-electron chi connectivity index (χ3n) is 5.65. The summed E-state index contributed by atoms with van der Waals surface area (Å²) in [4.78, 5) is 0. The van der Waals surface area contributed by atoms with E-state index in [1.54, 1.807) is 14.2 Å². The van der Waals surface area contributed by atoms with E-state index in [0.717, 1.165) is 39.7 Å². The van der Waals surface area contributed by atoms with Crippen molar-refractivity contribution in [2.24, 2.45) is 0 Å². The summed E-state index contributed by atoms with van der Waals surface area (Å²) >= 11 is 0. The monoisotopic (exact) mass is 438 g/mol. The molecule has 0 spiro atoms. The molecule has 0 unspecified atom stereocenters. The van der Waals surface area contributed by atoms with Gasteiger partial charge < -0.3 is 9.47 Å². The van der Waals surface area contributed by atoms with Gasteiger partial charge in [-0.05, 0) is 77.2 Å². The molecule has 4 aromatic rings. The fourth-order valence-electron chi connectivity index (χ4n) is 3.64. The smallest absolute Gasteiger partial charge is 0.118 e. The second-order valence-electron chi connectivity index (χ2n) is 9.00. The maximum atomic E-state index is 5.33. The van der Waals surface area contributed by atoms with Gasteiger partial charge in [0, 0.05) is 5.56 Å². The van der Waals surface area contributed by atoms with Gasteiger partial charge in [-0.3, -0.25) is 0 Å². The van der Waals surface area contributed by atoms with Gasteiger partial charge in [0.1, 0.15) is 11.5 Å². The standard InChI is InChI=1S/C29H30N2O2/c1-29(2,3)23-11-14-25(15-12-23)31-28(22-9-18-27(33-5)19-10-22)20-24(30-31)13-6-21-7-16-26(32-4)17-8-21/h6-20H,1-5H3. The van der Waals surface area contributed by atoms with Crippen molar-refractivity contribution < 1.29 is 9.47 Å². The Morgan fingerprint density at radius 1 is 0.727 bits per heavy atom. The van der Waals surface area contributed by atoms with Gasteiger partial charge in [0.15, 0.2) is 0 Å². The molecule has 33 heavy (non-hydrogen) atoms. The SMILES string of the molecule is COc1ccc(C=Cc2cc(-c3ccc(OC)cc3)n(-c3ccc(C(C)(C)C)cc3)n2)cc1. The fourth-order valence-corrected chi connectivity index (χ4v) is 3.64. The summed E-state index contributed by atoms with van der Waals surface area (Å²) in [6, 6.07) is 26.8. The van der Waals surface area contributed by atoms with E-state index in [4.69, 9.17) is 14.6 Å². The van der Waals surface area contributed by atoms with Gasteiger partial charge in [-0.25, -0.2) is 4.68 Å². The van der Waals surface area contributed by atoms with Gasteiger partial charge in [0.2, 0.25) is 0 Å². The first-order valence-electron chi connectivity index (χ1n) is 11.0. The molecule has 1 heterocycles. The summed E-state index contributed by atoms with van der Waals surface area (Å²) in [6.07, 6.45) is 4.10. The van der Waals surface area contributed by atoms with E-state index in [9.17, 15) is 0 Å². The average molecular weight is 439 g/mol. The molecule has 0 bridgehead atoms. The van der Waals surface area contributed by atoms with Crippen LogP contribution in [0.1, 0.15) is 37.6 Å². The van der Waals surface area contributed by atoms with Crippen molar-refractivity contribution in [2.45, 2.75) is 26.2 Å². The topological polar surface area (TPSA) is 36.3 Å². The first kappa shape index (κ1) is 22.4. The molecular weight excluding hydrogens is 408 g/mol. The highest BCUT2D eigenvalue weighted by Crippen LogP contribution is 2.29. The molecule has 3 aromatic carbocycles. The average Bonchev–Trinajstić information content (AvgIpc) is 3.27. The fraction of sp³-hybridized carbons (Fsp3) is 0.207. The zero-order chi connectivity index (χ0) is 23.4. The molecule has 0 N–H and O–H groups in total. The molecule has 1 aromatic heterocycles. The van der Waals surface area contributed by atoms with Crippen LogP contribution in [0.3, 0.4) is 0 Å². The highest BCUT2D eigenvalue weighted by molar-refractivity contribution is 5.72. The van der Waals surface area contributed by atoms with Gasteiger partial charge in [-0.2, -0.15) is 5.10 Å². The van der Waals surface area contributed by atoms with Crippen molar-refractivity contribution in [3.05, 3.63) is 95.7 Å². The highest BCUT2D eigenvalue weighted by Gasteiger charge is 2.15. The molecule has 0 amide bonds. The molecular formula is C29H30N2O2. The van der Waals surface area contributed by atoms with Crippen LogP contribution in [0.25, 0.3) is 29.1 Å². The Bertz CT molecular complexity index is 1230. The van der Waals surface area contributed by atoms with Crippen LogP contribution >= 0.6 is 0 Å². The van der Waals surface area contributed by atoms with Crippen LogP contribution in [-0.2, 0) is 5.41 Å². The van der Waals surface area contributed by atoms with E-state index in [-0.39, 0.29) is 5.41 Å². The molecule has 168 valence electrons. The van der Waals surface area contributed by atoms with Crippen molar-refractivity contribution in [1.29, 1.82) is 0 Å². The first-order valence-corrected chi connectivity index (χ1v) is 11.0. The van der Waals surface area contributed by atoms with E-state index in [0.29, 0.717) is 0 Å². The Hall–Kier alpha value is -3.79. The maximum absolute atomic E-state index is 5.33. The predicted octanol–water partition coefficient (Wildman–Crippen LogP) is 7.02. The molecule has 0 fully saturated rings. The minimum atomic E-state index is 0.105. The molecule has 4 rings (SSSR count). The number of benzene rings is 3. The number of nitrogens with zero attached hydrogens (tertiary/aromatic N) is 2. The largest absolute Gasteiger partial charge is 0.497 e. The Balaban J connectivity index is 1.73. The van der Waals surface area contributed by atoms with E-state index in [1.165, 1.54) is 5.56 Å². The van der Waals surface area contributed by atoms with E-state index < -0.39 is 0 Å². The molecule has 0 saturated heterocycles. The van der Waals surface area contributed by atoms with Crippen molar-refractivity contribution in [1.82, 2.24) is 9.78 Å². The second-order valence-corrected chi connectivity index (χ2v) is 9.00. The molecule has 4 nitrogen and oxygen atoms in total. The van der Waals surface area contributed by atoms with Crippen LogP contribution in [0.2, 0.25) is 0 Å². The summed E-state index contributed by atoms with van der Waals surface area (Å²) in [6.45, 7) is 6.67. The summed E-state index contributed by atoms with van der Waals surface area (Å²) in [5, 5.41) is 4.91. The number of hydrogen-bond acceptors (Lipinski definition) is 3. The normalized spacial score (nSPS) is 11.7. The number of hydrogen-bond donors (Lipinski definition) is 0. The van der Waals surface area contributed by atoms with Crippen LogP contribution in [0.15, 0.2) is 78.9 Å². The maximum Gasteiger partial charge on any atom is 0.118 e. The molecule has 0 atom stereocenters. The summed E-state index contributed by atoms with van der Waals surface area (Å²) < 4.78 is 12.6. The third kappa shape index (κ3) is 5.17. The molecule has 0 aliphatic carbocycles. The van der Waals surface area contributed by atoms with Crippen molar-refractivity contribution in [3.63, 3.8) is 0 Å². The lowest BCUT2D eigenvalue weighted by Gasteiger charge is -2.19. The van der Waals surface area contributed by atoms with Gasteiger partial charge >= 0.3 is 0 Å². The van der Waals surface area contributed by atoms with Gasteiger partial charge in [-0.15, -0.1) is 0 Å². The van der Waals surface area contributed by atoms with E-state index in [2.05, 4.69) is 69.3 Å². The van der Waals surface area contributed by atoms with Crippen LogP contribution in [0, 0.1) is 0 Å². The van der Waals surface area contributed by atoms with Crippen molar-refractivity contribution in [2.75, 3.05) is 14.2 Å². The molecule has 0 saturated carbocycles. The van der Waals surface area contributed by atoms with Crippen LogP contribution < -0.4 is 9.47 Å². The number of methoxy groups -OCH3 is 2. The van der Waals surface area contributed by atoms with E-state index >= 15 is 0 Å². The summed E-state index contributed by atoms with van der Waals surface area (Å²) in [7, 11) is 3.35. The molecule has 0 radical (unpaired) electrons. The van der Waals surface area contributed by atoms with Gasteiger partial charge in [0.25, 0.3) is 0 Å². The number of ether oxygens (including phenoxy) is 2. The van der Waals surface area contributed by atoms with Gasteiger partial charge in [0.05, 0.1) is 31.3 Å². The minimum Gasteiger partial charge on any atom is -0.497 e. The quantitative estimate of drug-likeness (QED) is 0.324. The lowest BCUT2D eigenvalue weighted by atomic mass is 9.87. The van der Waals surface area contributed by atoms with E-state index in [1.807, 2.05) is 47.2 Å². The Morgan fingerprint density at radius 3 is 1.85 bits per heavy atom. The Morgan fingerprint density at radius 2 is 1.30 bits per heavy atom. The third-order valence-corrected chi connectivity index (χ3v) is 5.65. The predicted molar refractivity (Wildman–Crippen MR) is 136 cm³/mol. The molecule has 4 heteroatoms. The van der Waals surface area contributed by atoms with Crippen LogP contribution in [-0.4, -0.2) is 24.0 Å². The Labute approximate surface area is 196 Å². The lowest BCUT2D eigenvalue weighted by Crippen LogP contribution is -2.11. The van der Waals surface area contributed by atoms with Crippen molar-refractivity contribution in [3.8, 4) is 28.4 Å². The second kappa shape index (κ2) is 9.37. The van der Waals surface area contributed by atoms with Crippen molar-refractivity contribution >= 4 is 12.2 Å². The zero-order valence-electron chi connectivity index (χ0n) is 19.9. The van der Waals surface area contributed by atoms with Crippen LogP contribution in [0.4, 0.5) is 0 Å². The molecule has 0 aliphatic rings. The Kier molecular flexibility index (Phi) is 6.36. The number of rotatable bonds is 6. The first-order chi connectivity index (χ1) is 15.9. The van der Waals surface area contributed by atoms with Crippen LogP contribution in [0.5, 0.6) is 11.5 Å². The zero-order valence-corrected chi connectivity index (χ0v) is 19.9. The lowest BCUT2D eigenvalue weighted by molar-refractivity contribution is 0.414. The summed E-state index contributed by atoms with van der Waals surface area (Å²) in [5.41, 5.74) is 6.50. The highest BCUT2D eigenvalue weighted by atomic mass is 16.5.